The van der Waals surface area contributed by atoms with E-state index in [0.29, 0.717) is 17.4 Å². The van der Waals surface area contributed by atoms with Crippen LogP contribution in [0.3, 0.4) is 0 Å². The smallest absolute Gasteiger partial charge is 0.241 e. The number of aryl methyl sites for hydroxylation is 2. The monoisotopic (exact) mass is 332 g/mol. The summed E-state index contributed by atoms with van der Waals surface area (Å²) >= 11 is 0. The highest BCUT2D eigenvalue weighted by atomic mass is 35.5. The number of benzene rings is 1. The molecule has 0 spiro atoms. The Morgan fingerprint density at radius 2 is 1.67 bits per heavy atom. The quantitative estimate of drug-likeness (QED) is 0.869. The molecule has 0 aromatic heterocycles. The largest absolute Gasteiger partial charge is 0.326 e. The molecule has 0 amide bonds. The molecule has 1 aliphatic carbocycles. The molecule has 0 aliphatic heterocycles. The lowest BCUT2D eigenvalue weighted by molar-refractivity contribution is 0.547. The SMILES string of the molecule is Cc1cc(C)c(C)c(S(=O)(=O)NCC(N)C2CC2)c1C.Cl. The summed E-state index contributed by atoms with van der Waals surface area (Å²) in [6.07, 6.45) is 2.23. The van der Waals surface area contributed by atoms with Crippen molar-refractivity contribution >= 4 is 22.4 Å². The van der Waals surface area contributed by atoms with E-state index in [1.807, 2.05) is 33.8 Å². The first-order valence-corrected chi connectivity index (χ1v) is 8.55. The van der Waals surface area contributed by atoms with Gasteiger partial charge in [-0.1, -0.05) is 6.07 Å². The van der Waals surface area contributed by atoms with Crippen molar-refractivity contribution < 1.29 is 8.42 Å². The average Bonchev–Trinajstić information content (AvgIpc) is 3.18. The van der Waals surface area contributed by atoms with E-state index < -0.39 is 10.0 Å². The van der Waals surface area contributed by atoms with Gasteiger partial charge in [0.2, 0.25) is 10.0 Å². The number of nitrogens with one attached hydrogen (secondary N) is 1. The molecule has 0 heterocycles. The summed E-state index contributed by atoms with van der Waals surface area (Å²) in [5.41, 5.74) is 9.61. The lowest BCUT2D eigenvalue weighted by Crippen LogP contribution is -2.39. The molecule has 0 radical (unpaired) electrons. The third-order valence-electron chi connectivity index (χ3n) is 4.30. The maximum atomic E-state index is 12.6. The number of nitrogens with two attached hydrogens (primary N) is 1. The van der Waals surface area contributed by atoms with Gasteiger partial charge in [-0.15, -0.1) is 12.4 Å². The van der Waals surface area contributed by atoms with Crippen molar-refractivity contribution in [1.29, 1.82) is 0 Å². The van der Waals surface area contributed by atoms with Crippen molar-refractivity contribution in [3.8, 4) is 0 Å². The number of rotatable bonds is 5. The average molecular weight is 333 g/mol. The Hall–Kier alpha value is -0.620. The minimum absolute atomic E-state index is 0. The minimum atomic E-state index is -3.50. The summed E-state index contributed by atoms with van der Waals surface area (Å²) < 4.78 is 27.8. The van der Waals surface area contributed by atoms with E-state index in [2.05, 4.69) is 4.72 Å². The van der Waals surface area contributed by atoms with Gasteiger partial charge >= 0.3 is 0 Å². The molecule has 4 nitrogen and oxygen atoms in total. The Balaban J connectivity index is 0.00000220. The van der Waals surface area contributed by atoms with Crippen LogP contribution in [0.25, 0.3) is 0 Å². The molecule has 1 saturated carbocycles. The second-order valence-electron chi connectivity index (χ2n) is 5.94. The number of hydrogen-bond acceptors (Lipinski definition) is 3. The Kier molecular flexibility index (Phi) is 5.83. The van der Waals surface area contributed by atoms with Gasteiger partial charge in [-0.25, -0.2) is 13.1 Å². The van der Waals surface area contributed by atoms with Crippen LogP contribution in [0, 0.1) is 33.6 Å². The van der Waals surface area contributed by atoms with Crippen LogP contribution >= 0.6 is 12.4 Å². The van der Waals surface area contributed by atoms with E-state index in [1.54, 1.807) is 0 Å². The molecule has 1 aliphatic rings. The molecule has 1 atom stereocenters. The fourth-order valence-electron chi connectivity index (χ4n) is 2.55. The maximum Gasteiger partial charge on any atom is 0.241 e. The van der Waals surface area contributed by atoms with Gasteiger partial charge < -0.3 is 5.73 Å². The molecule has 6 heteroatoms. The van der Waals surface area contributed by atoms with Gasteiger partial charge in [-0.2, -0.15) is 0 Å². The molecule has 21 heavy (non-hydrogen) atoms. The molecule has 2 rings (SSSR count). The molecule has 3 N–H and O–H groups in total. The second kappa shape index (κ2) is 6.65. The zero-order chi connectivity index (χ0) is 15.1. The Morgan fingerprint density at radius 3 is 2.10 bits per heavy atom. The lowest BCUT2D eigenvalue weighted by atomic mass is 10.0. The van der Waals surface area contributed by atoms with Crippen LogP contribution in [0.2, 0.25) is 0 Å². The summed E-state index contributed by atoms with van der Waals surface area (Å²) in [4.78, 5) is 0.415. The van der Waals surface area contributed by atoms with E-state index >= 15 is 0 Å². The summed E-state index contributed by atoms with van der Waals surface area (Å²) in [5.74, 6) is 0.485. The van der Waals surface area contributed by atoms with Gasteiger partial charge in [0.15, 0.2) is 0 Å². The third kappa shape index (κ3) is 3.97. The van der Waals surface area contributed by atoms with Crippen molar-refractivity contribution in [3.63, 3.8) is 0 Å². The fourth-order valence-corrected chi connectivity index (χ4v) is 4.24. The summed E-state index contributed by atoms with van der Waals surface area (Å²) in [7, 11) is -3.50. The topological polar surface area (TPSA) is 72.2 Å². The van der Waals surface area contributed by atoms with Gasteiger partial charge in [-0.3, -0.25) is 0 Å². The van der Waals surface area contributed by atoms with Crippen LogP contribution in [-0.4, -0.2) is 21.0 Å². The molecule has 120 valence electrons. The van der Waals surface area contributed by atoms with Gasteiger partial charge in [0, 0.05) is 12.6 Å². The van der Waals surface area contributed by atoms with Gasteiger partial charge in [0.25, 0.3) is 0 Å². The summed E-state index contributed by atoms with van der Waals surface area (Å²) in [6, 6.07) is 1.95. The molecule has 1 aromatic rings. The maximum absolute atomic E-state index is 12.6. The van der Waals surface area contributed by atoms with Crippen molar-refractivity contribution in [2.24, 2.45) is 11.7 Å². The molecular formula is C15H25ClN2O2S. The summed E-state index contributed by atoms with van der Waals surface area (Å²) in [6.45, 7) is 7.92. The highest BCUT2D eigenvalue weighted by Crippen LogP contribution is 2.31. The van der Waals surface area contributed by atoms with Crippen LogP contribution in [-0.2, 0) is 10.0 Å². The van der Waals surface area contributed by atoms with E-state index in [1.165, 1.54) is 0 Å². The van der Waals surface area contributed by atoms with E-state index in [-0.39, 0.29) is 18.4 Å². The van der Waals surface area contributed by atoms with Crippen LogP contribution in [0.1, 0.15) is 35.1 Å². The third-order valence-corrected chi connectivity index (χ3v) is 6.00. The van der Waals surface area contributed by atoms with Gasteiger partial charge in [0.05, 0.1) is 4.90 Å². The number of hydrogen-bond donors (Lipinski definition) is 2. The number of sulfonamides is 1. The molecule has 1 aromatic carbocycles. The van der Waals surface area contributed by atoms with Crippen LogP contribution < -0.4 is 10.5 Å². The molecular weight excluding hydrogens is 308 g/mol. The Morgan fingerprint density at radius 1 is 1.19 bits per heavy atom. The van der Waals surface area contributed by atoms with E-state index in [9.17, 15) is 8.42 Å². The fraction of sp³-hybridized carbons (Fsp3) is 0.600. The van der Waals surface area contributed by atoms with Crippen LogP contribution in [0.4, 0.5) is 0 Å². The Labute approximate surface area is 134 Å². The Bertz CT molecular complexity index is 599. The zero-order valence-electron chi connectivity index (χ0n) is 13.1. The molecule has 1 fully saturated rings. The van der Waals surface area contributed by atoms with Crippen molar-refractivity contribution in [3.05, 3.63) is 28.3 Å². The zero-order valence-corrected chi connectivity index (χ0v) is 14.7. The van der Waals surface area contributed by atoms with Crippen LogP contribution in [0.5, 0.6) is 0 Å². The summed E-state index contributed by atoms with van der Waals surface area (Å²) in [5, 5.41) is 0. The van der Waals surface area contributed by atoms with E-state index in [0.717, 1.165) is 35.1 Å². The standard InChI is InChI=1S/C15H24N2O2S.ClH/c1-9-7-10(2)12(4)15(11(9)3)20(18,19)17-8-14(16)13-5-6-13;/h7,13-14,17H,5-6,8,16H2,1-4H3;1H. The number of halogens is 1. The normalized spacial score (nSPS) is 16.4. The van der Waals surface area contributed by atoms with Crippen molar-refractivity contribution in [2.75, 3.05) is 6.54 Å². The highest BCUT2D eigenvalue weighted by Gasteiger charge is 2.30. The van der Waals surface area contributed by atoms with E-state index in [4.69, 9.17) is 5.73 Å². The first-order chi connectivity index (χ1) is 9.24. The first-order valence-electron chi connectivity index (χ1n) is 7.06. The highest BCUT2D eigenvalue weighted by molar-refractivity contribution is 7.89. The lowest BCUT2D eigenvalue weighted by Gasteiger charge is -2.17. The molecule has 0 bridgehead atoms. The van der Waals surface area contributed by atoms with Crippen molar-refractivity contribution in [2.45, 2.75) is 51.5 Å². The second-order valence-corrected chi connectivity index (χ2v) is 7.65. The van der Waals surface area contributed by atoms with Crippen LogP contribution in [0.15, 0.2) is 11.0 Å². The first kappa shape index (κ1) is 18.4. The molecule has 0 saturated heterocycles. The molecule has 1 unspecified atom stereocenters. The minimum Gasteiger partial charge on any atom is -0.326 e. The predicted octanol–water partition coefficient (Wildman–Crippen LogP) is 2.36. The predicted molar refractivity (Wildman–Crippen MR) is 88.5 cm³/mol. The van der Waals surface area contributed by atoms with Gasteiger partial charge in [0.1, 0.15) is 0 Å². The van der Waals surface area contributed by atoms with Crippen molar-refractivity contribution in [1.82, 2.24) is 4.72 Å². The van der Waals surface area contributed by atoms with Gasteiger partial charge in [-0.05, 0) is 68.7 Å².